The van der Waals surface area contributed by atoms with Gasteiger partial charge in [-0.25, -0.2) is 0 Å². The Hall–Kier alpha value is -1.12. The molecule has 0 amide bonds. The minimum atomic E-state index is 0.118. The van der Waals surface area contributed by atoms with Gasteiger partial charge in [-0.2, -0.15) is 0 Å². The molecule has 0 N–H and O–H groups in total. The fraction of sp³-hybridized carbons (Fsp3) is 0.500. The van der Waals surface area contributed by atoms with Crippen molar-refractivity contribution in [2.75, 3.05) is 6.79 Å². The zero-order valence-electron chi connectivity index (χ0n) is 11.3. The first-order chi connectivity index (χ1) is 8.86. The highest BCUT2D eigenvalue weighted by molar-refractivity contribution is 5.13. The average molecular weight is 248 g/mol. The number of benzene rings is 1. The van der Waals surface area contributed by atoms with Crippen LogP contribution in [0.3, 0.4) is 0 Å². The first kappa shape index (κ1) is 14.9. The number of hydrogen-bond acceptors (Lipinski definition) is 2. The van der Waals surface area contributed by atoms with Crippen molar-refractivity contribution in [3.8, 4) is 0 Å². The van der Waals surface area contributed by atoms with E-state index in [-0.39, 0.29) is 6.10 Å². The summed E-state index contributed by atoms with van der Waals surface area (Å²) in [4.78, 5) is 0. The zero-order valence-corrected chi connectivity index (χ0v) is 11.3. The molecule has 1 rings (SSSR count). The Balaban J connectivity index is 2.10. The molecule has 0 aliphatic rings. The van der Waals surface area contributed by atoms with E-state index in [1.807, 2.05) is 36.4 Å². The van der Waals surface area contributed by atoms with E-state index >= 15 is 0 Å². The molecule has 0 spiro atoms. The second kappa shape index (κ2) is 9.86. The van der Waals surface area contributed by atoms with E-state index in [2.05, 4.69) is 13.5 Å². The third kappa shape index (κ3) is 6.58. The molecule has 0 saturated carbocycles. The molecule has 0 aromatic heterocycles. The summed E-state index contributed by atoms with van der Waals surface area (Å²) in [6, 6.07) is 10.1. The van der Waals surface area contributed by atoms with Gasteiger partial charge in [0.25, 0.3) is 0 Å². The Morgan fingerprint density at radius 1 is 1.22 bits per heavy atom. The van der Waals surface area contributed by atoms with E-state index < -0.39 is 0 Å². The molecular formula is C16H24O2. The predicted molar refractivity (Wildman–Crippen MR) is 75.3 cm³/mol. The smallest absolute Gasteiger partial charge is 0.147 e. The third-order valence-corrected chi connectivity index (χ3v) is 2.83. The second-order valence-corrected chi connectivity index (χ2v) is 4.39. The molecule has 0 heterocycles. The SMILES string of the molecule is C=CC(CCCCC)OCOCc1ccccc1. The number of unbranched alkanes of at least 4 members (excludes halogenated alkanes) is 2. The molecule has 0 saturated heterocycles. The third-order valence-electron chi connectivity index (χ3n) is 2.83. The van der Waals surface area contributed by atoms with Gasteiger partial charge in [-0.3, -0.25) is 0 Å². The average Bonchev–Trinajstić information content (AvgIpc) is 2.43. The summed E-state index contributed by atoms with van der Waals surface area (Å²) in [7, 11) is 0. The minimum Gasteiger partial charge on any atom is -0.351 e. The highest BCUT2D eigenvalue weighted by atomic mass is 16.7. The van der Waals surface area contributed by atoms with E-state index in [0.717, 1.165) is 6.42 Å². The number of ether oxygens (including phenoxy) is 2. The Labute approximate surface area is 111 Å². The van der Waals surface area contributed by atoms with E-state index in [1.165, 1.54) is 24.8 Å². The Morgan fingerprint density at radius 2 is 2.00 bits per heavy atom. The Morgan fingerprint density at radius 3 is 2.67 bits per heavy atom. The van der Waals surface area contributed by atoms with Crippen LogP contribution in [0.25, 0.3) is 0 Å². The van der Waals surface area contributed by atoms with Gasteiger partial charge in [-0.1, -0.05) is 62.6 Å². The van der Waals surface area contributed by atoms with Gasteiger partial charge in [0.05, 0.1) is 12.7 Å². The van der Waals surface area contributed by atoms with Gasteiger partial charge in [-0.05, 0) is 12.0 Å². The van der Waals surface area contributed by atoms with E-state index in [4.69, 9.17) is 9.47 Å². The van der Waals surface area contributed by atoms with E-state index in [9.17, 15) is 0 Å². The van der Waals surface area contributed by atoms with Crippen molar-refractivity contribution in [3.05, 3.63) is 48.6 Å². The first-order valence-electron chi connectivity index (χ1n) is 6.72. The van der Waals surface area contributed by atoms with Gasteiger partial charge in [0, 0.05) is 0 Å². The highest BCUT2D eigenvalue weighted by Crippen LogP contribution is 2.08. The summed E-state index contributed by atoms with van der Waals surface area (Å²) >= 11 is 0. The minimum absolute atomic E-state index is 0.118. The fourth-order valence-electron chi connectivity index (χ4n) is 1.73. The van der Waals surface area contributed by atoms with E-state index in [1.54, 1.807) is 0 Å². The van der Waals surface area contributed by atoms with Crippen molar-refractivity contribution in [3.63, 3.8) is 0 Å². The molecule has 0 bridgehead atoms. The van der Waals surface area contributed by atoms with Crippen LogP contribution in [0.4, 0.5) is 0 Å². The van der Waals surface area contributed by atoms with Crippen molar-refractivity contribution in [1.82, 2.24) is 0 Å². The van der Waals surface area contributed by atoms with Crippen LogP contribution in [0.1, 0.15) is 38.2 Å². The second-order valence-electron chi connectivity index (χ2n) is 4.39. The first-order valence-corrected chi connectivity index (χ1v) is 6.72. The molecule has 2 nitrogen and oxygen atoms in total. The normalized spacial score (nSPS) is 12.3. The molecule has 18 heavy (non-hydrogen) atoms. The molecule has 0 radical (unpaired) electrons. The zero-order chi connectivity index (χ0) is 13.1. The van der Waals surface area contributed by atoms with Gasteiger partial charge in [0.1, 0.15) is 6.79 Å². The van der Waals surface area contributed by atoms with Crippen molar-refractivity contribution >= 4 is 0 Å². The lowest BCUT2D eigenvalue weighted by atomic mass is 10.1. The van der Waals surface area contributed by atoms with Crippen LogP contribution >= 0.6 is 0 Å². The molecule has 1 unspecified atom stereocenters. The Kier molecular flexibility index (Phi) is 8.19. The molecule has 2 heteroatoms. The molecule has 0 aliphatic carbocycles. The van der Waals surface area contributed by atoms with Crippen LogP contribution in [-0.2, 0) is 16.1 Å². The van der Waals surface area contributed by atoms with Gasteiger partial charge in [0.15, 0.2) is 0 Å². The summed E-state index contributed by atoms with van der Waals surface area (Å²) < 4.78 is 11.1. The molecule has 0 aliphatic heterocycles. The van der Waals surface area contributed by atoms with Crippen molar-refractivity contribution in [2.45, 2.75) is 45.3 Å². The standard InChI is InChI=1S/C16H24O2/c1-3-5-7-12-16(4-2)18-14-17-13-15-10-8-6-9-11-15/h4,6,8-11,16H,2-3,5,7,12-14H2,1H3. The molecule has 1 atom stereocenters. The maximum Gasteiger partial charge on any atom is 0.147 e. The molecule has 1 aromatic rings. The molecular weight excluding hydrogens is 224 g/mol. The van der Waals surface area contributed by atoms with Crippen LogP contribution < -0.4 is 0 Å². The summed E-state index contributed by atoms with van der Waals surface area (Å²) in [5.74, 6) is 0. The highest BCUT2D eigenvalue weighted by Gasteiger charge is 2.03. The topological polar surface area (TPSA) is 18.5 Å². The van der Waals surface area contributed by atoms with Gasteiger partial charge < -0.3 is 9.47 Å². The van der Waals surface area contributed by atoms with Crippen molar-refractivity contribution in [2.24, 2.45) is 0 Å². The van der Waals surface area contributed by atoms with Gasteiger partial charge in [0.2, 0.25) is 0 Å². The quantitative estimate of drug-likeness (QED) is 0.349. The lowest BCUT2D eigenvalue weighted by Gasteiger charge is -2.13. The van der Waals surface area contributed by atoms with Crippen LogP contribution in [0.2, 0.25) is 0 Å². The predicted octanol–water partition coefficient (Wildman–Crippen LogP) is 4.31. The van der Waals surface area contributed by atoms with Crippen LogP contribution in [0.5, 0.6) is 0 Å². The lowest BCUT2D eigenvalue weighted by molar-refractivity contribution is -0.0842. The summed E-state index contributed by atoms with van der Waals surface area (Å²) in [5, 5.41) is 0. The van der Waals surface area contributed by atoms with Crippen LogP contribution in [0, 0.1) is 0 Å². The van der Waals surface area contributed by atoms with Crippen LogP contribution in [-0.4, -0.2) is 12.9 Å². The monoisotopic (exact) mass is 248 g/mol. The largest absolute Gasteiger partial charge is 0.351 e. The fourth-order valence-corrected chi connectivity index (χ4v) is 1.73. The summed E-state index contributed by atoms with van der Waals surface area (Å²) in [5.41, 5.74) is 1.17. The molecule has 1 aromatic carbocycles. The Bertz CT molecular complexity index is 308. The molecule has 100 valence electrons. The maximum atomic E-state index is 5.62. The summed E-state index contributed by atoms with van der Waals surface area (Å²) in [6.45, 7) is 6.93. The van der Waals surface area contributed by atoms with Crippen LogP contribution in [0.15, 0.2) is 43.0 Å². The van der Waals surface area contributed by atoms with E-state index in [0.29, 0.717) is 13.4 Å². The number of rotatable bonds is 10. The maximum absolute atomic E-state index is 5.62. The molecule has 0 fully saturated rings. The van der Waals surface area contributed by atoms with Gasteiger partial charge >= 0.3 is 0 Å². The number of hydrogen-bond donors (Lipinski definition) is 0. The van der Waals surface area contributed by atoms with Gasteiger partial charge in [-0.15, -0.1) is 6.58 Å². The van der Waals surface area contributed by atoms with Crippen molar-refractivity contribution < 1.29 is 9.47 Å². The van der Waals surface area contributed by atoms with Crippen molar-refractivity contribution in [1.29, 1.82) is 0 Å². The lowest BCUT2D eigenvalue weighted by Crippen LogP contribution is -2.12. The summed E-state index contributed by atoms with van der Waals surface area (Å²) in [6.07, 6.45) is 6.68.